The number of nitrogens with zero attached hydrogens (tertiary/aromatic N) is 2. The molecule has 1 fully saturated rings. The van der Waals surface area contributed by atoms with Crippen molar-refractivity contribution in [2.45, 2.75) is 123 Å². The van der Waals surface area contributed by atoms with Gasteiger partial charge in [-0.05, 0) is 80.7 Å². The summed E-state index contributed by atoms with van der Waals surface area (Å²) in [4.78, 5) is 55.7. The summed E-state index contributed by atoms with van der Waals surface area (Å²) in [5, 5.41) is 0. The van der Waals surface area contributed by atoms with Crippen molar-refractivity contribution in [3.05, 3.63) is 35.9 Å². The van der Waals surface area contributed by atoms with E-state index in [-0.39, 0.29) is 44.9 Å². The molecule has 1 aromatic carbocycles. The standard InChI is InChI=1S/C33H52N2O8/c1-31(2,3)41-28(37)20-34(19-27(36)40-23-24-15-11-10-12-16-24)25-17-13-14-18-26(25)35(21-29(38)42-32(4,5)6)22-30(39)43-33(7,8)9/h10-12,15-16,25-26H,13-14,17-23H2,1-9H3/t25-,26-/m1/s1. The van der Waals surface area contributed by atoms with Gasteiger partial charge in [0.15, 0.2) is 0 Å². The summed E-state index contributed by atoms with van der Waals surface area (Å²) in [5.41, 5.74) is -1.26. The molecule has 0 radical (unpaired) electrons. The summed E-state index contributed by atoms with van der Waals surface area (Å²) >= 11 is 0. The van der Waals surface area contributed by atoms with Gasteiger partial charge in [0, 0.05) is 12.1 Å². The third-order valence-electron chi connectivity index (χ3n) is 6.46. The lowest BCUT2D eigenvalue weighted by Gasteiger charge is -2.44. The minimum atomic E-state index is -0.706. The summed E-state index contributed by atoms with van der Waals surface area (Å²) in [7, 11) is 0. The highest BCUT2D eigenvalue weighted by atomic mass is 16.6. The molecule has 2 atom stereocenters. The lowest BCUT2D eigenvalue weighted by Crippen LogP contribution is -2.58. The number of carbonyl (C=O) groups is 4. The second-order valence-corrected chi connectivity index (χ2v) is 14.1. The molecular formula is C33H52N2O8. The van der Waals surface area contributed by atoms with E-state index in [1.165, 1.54) is 0 Å². The SMILES string of the molecule is CC(C)(C)OC(=O)CN(CC(=O)OCc1ccccc1)[C@@H]1CCCC[C@H]1N(CC(=O)OC(C)(C)C)CC(=O)OC(C)(C)C. The molecule has 242 valence electrons. The van der Waals surface area contributed by atoms with Crippen LogP contribution in [0, 0.1) is 0 Å². The molecule has 10 nitrogen and oxygen atoms in total. The molecule has 0 unspecified atom stereocenters. The molecule has 0 aliphatic heterocycles. The number of hydrogen-bond acceptors (Lipinski definition) is 10. The highest BCUT2D eigenvalue weighted by Crippen LogP contribution is 2.28. The molecule has 0 aromatic heterocycles. The quantitative estimate of drug-likeness (QED) is 0.246. The van der Waals surface area contributed by atoms with Crippen LogP contribution in [0.1, 0.15) is 93.6 Å². The maximum atomic E-state index is 13.1. The summed E-state index contributed by atoms with van der Waals surface area (Å²) < 4.78 is 22.4. The van der Waals surface area contributed by atoms with Crippen LogP contribution in [0.15, 0.2) is 30.3 Å². The van der Waals surface area contributed by atoms with Crippen LogP contribution in [0.3, 0.4) is 0 Å². The smallest absolute Gasteiger partial charge is 0.320 e. The van der Waals surface area contributed by atoms with Crippen molar-refractivity contribution in [3.63, 3.8) is 0 Å². The van der Waals surface area contributed by atoms with Crippen molar-refractivity contribution in [3.8, 4) is 0 Å². The number of benzene rings is 1. The van der Waals surface area contributed by atoms with Crippen LogP contribution in [-0.2, 0) is 44.7 Å². The lowest BCUT2D eigenvalue weighted by atomic mass is 9.87. The molecule has 0 amide bonds. The van der Waals surface area contributed by atoms with Gasteiger partial charge in [0.1, 0.15) is 23.4 Å². The van der Waals surface area contributed by atoms with E-state index in [2.05, 4.69) is 0 Å². The zero-order valence-corrected chi connectivity index (χ0v) is 27.6. The summed E-state index contributed by atoms with van der Waals surface area (Å²) in [5.74, 6) is -1.90. The Morgan fingerprint density at radius 1 is 0.605 bits per heavy atom. The Morgan fingerprint density at radius 3 is 1.30 bits per heavy atom. The molecule has 10 heteroatoms. The first-order valence-electron chi connectivity index (χ1n) is 15.1. The first-order chi connectivity index (χ1) is 19.8. The van der Waals surface area contributed by atoms with Gasteiger partial charge in [-0.25, -0.2) is 0 Å². The van der Waals surface area contributed by atoms with Crippen LogP contribution in [0.4, 0.5) is 0 Å². The third kappa shape index (κ3) is 14.8. The van der Waals surface area contributed by atoms with E-state index in [9.17, 15) is 19.2 Å². The number of esters is 4. The Bertz CT molecular complexity index is 1040. The van der Waals surface area contributed by atoms with Gasteiger partial charge >= 0.3 is 23.9 Å². The Balaban J connectivity index is 2.35. The predicted octanol–water partition coefficient (Wildman–Crippen LogP) is 4.67. The van der Waals surface area contributed by atoms with Crippen LogP contribution in [-0.4, -0.2) is 88.7 Å². The lowest BCUT2D eigenvalue weighted by molar-refractivity contribution is -0.165. The van der Waals surface area contributed by atoms with Gasteiger partial charge in [0.25, 0.3) is 0 Å². The maximum absolute atomic E-state index is 13.1. The summed E-state index contributed by atoms with van der Waals surface area (Å²) in [6.07, 6.45) is 3.02. The fraction of sp³-hybridized carbons (Fsp3) is 0.697. The normalized spacial score (nSPS) is 17.8. The zero-order valence-electron chi connectivity index (χ0n) is 27.6. The molecule has 1 saturated carbocycles. The molecule has 2 rings (SSSR count). The van der Waals surface area contributed by atoms with Crippen LogP contribution in [0.2, 0.25) is 0 Å². The fourth-order valence-electron chi connectivity index (χ4n) is 5.09. The first kappa shape index (κ1) is 36.2. The Labute approximate surface area is 257 Å². The average molecular weight is 605 g/mol. The Hall–Kier alpha value is -2.98. The van der Waals surface area contributed by atoms with E-state index in [0.29, 0.717) is 12.8 Å². The van der Waals surface area contributed by atoms with E-state index in [0.717, 1.165) is 18.4 Å². The topological polar surface area (TPSA) is 112 Å². The minimum Gasteiger partial charge on any atom is -0.460 e. The average Bonchev–Trinajstić information content (AvgIpc) is 2.84. The Morgan fingerprint density at radius 2 is 0.953 bits per heavy atom. The van der Waals surface area contributed by atoms with Crippen molar-refractivity contribution in [1.29, 1.82) is 0 Å². The predicted molar refractivity (Wildman–Crippen MR) is 163 cm³/mol. The molecular weight excluding hydrogens is 552 g/mol. The largest absolute Gasteiger partial charge is 0.460 e. The molecule has 0 saturated heterocycles. The van der Waals surface area contributed by atoms with E-state index in [1.54, 1.807) is 72.1 Å². The van der Waals surface area contributed by atoms with Gasteiger partial charge in [-0.3, -0.25) is 29.0 Å². The zero-order chi connectivity index (χ0) is 32.4. The molecule has 0 N–H and O–H groups in total. The van der Waals surface area contributed by atoms with Crippen LogP contribution in [0.5, 0.6) is 0 Å². The van der Waals surface area contributed by atoms with Crippen molar-refractivity contribution in [2.75, 3.05) is 26.2 Å². The van der Waals surface area contributed by atoms with Crippen molar-refractivity contribution >= 4 is 23.9 Å². The molecule has 1 aliphatic carbocycles. The molecule has 1 aliphatic rings. The summed E-state index contributed by atoms with van der Waals surface area (Å²) in [6, 6.07) is 8.69. The molecule has 43 heavy (non-hydrogen) atoms. The molecule has 0 spiro atoms. The van der Waals surface area contributed by atoms with E-state index < -0.39 is 40.7 Å². The molecule has 0 bridgehead atoms. The van der Waals surface area contributed by atoms with Gasteiger partial charge in [0.2, 0.25) is 0 Å². The van der Waals surface area contributed by atoms with Crippen LogP contribution in [0.25, 0.3) is 0 Å². The number of carbonyl (C=O) groups excluding carboxylic acids is 4. The highest BCUT2D eigenvalue weighted by Gasteiger charge is 2.39. The third-order valence-corrected chi connectivity index (χ3v) is 6.46. The van der Waals surface area contributed by atoms with Crippen molar-refractivity contribution in [1.82, 2.24) is 9.80 Å². The minimum absolute atomic E-state index is 0.109. The monoisotopic (exact) mass is 604 g/mol. The molecule has 0 heterocycles. The number of hydrogen-bond donors (Lipinski definition) is 0. The van der Waals surface area contributed by atoms with E-state index in [1.807, 2.05) is 30.3 Å². The van der Waals surface area contributed by atoms with Crippen LogP contribution < -0.4 is 0 Å². The molecule has 1 aromatic rings. The number of rotatable bonds is 12. The first-order valence-corrected chi connectivity index (χ1v) is 15.1. The Kier molecular flexibility index (Phi) is 13.2. The highest BCUT2D eigenvalue weighted by molar-refractivity contribution is 5.76. The maximum Gasteiger partial charge on any atom is 0.320 e. The fourth-order valence-corrected chi connectivity index (χ4v) is 5.09. The van der Waals surface area contributed by atoms with Crippen LogP contribution >= 0.6 is 0 Å². The van der Waals surface area contributed by atoms with Gasteiger partial charge in [-0.15, -0.1) is 0 Å². The van der Waals surface area contributed by atoms with Gasteiger partial charge < -0.3 is 18.9 Å². The number of ether oxygens (including phenoxy) is 4. The van der Waals surface area contributed by atoms with Gasteiger partial charge in [-0.2, -0.15) is 0 Å². The van der Waals surface area contributed by atoms with Gasteiger partial charge in [0.05, 0.1) is 26.2 Å². The van der Waals surface area contributed by atoms with Crippen molar-refractivity contribution in [2.24, 2.45) is 0 Å². The van der Waals surface area contributed by atoms with Gasteiger partial charge in [-0.1, -0.05) is 43.2 Å². The van der Waals surface area contributed by atoms with E-state index >= 15 is 0 Å². The second-order valence-electron chi connectivity index (χ2n) is 14.1. The van der Waals surface area contributed by atoms with Crippen molar-refractivity contribution < 1.29 is 38.1 Å². The summed E-state index contributed by atoms with van der Waals surface area (Å²) in [6.45, 7) is 15.6. The van der Waals surface area contributed by atoms with E-state index in [4.69, 9.17) is 18.9 Å². The second kappa shape index (κ2) is 15.7.